The molecule has 0 atom stereocenters. The molecule has 0 spiro atoms. The average molecular weight is 503 g/mol. The first-order chi connectivity index (χ1) is 17.9. The summed E-state index contributed by atoms with van der Waals surface area (Å²) in [5.74, 6) is -0.313. The lowest BCUT2D eigenvalue weighted by Crippen LogP contribution is -2.23. The molecule has 1 aliphatic carbocycles. The van der Waals surface area contributed by atoms with E-state index in [-0.39, 0.29) is 22.4 Å². The third-order valence-electron chi connectivity index (χ3n) is 7.14. The first-order valence-electron chi connectivity index (χ1n) is 13.0. The third-order valence-corrected chi connectivity index (χ3v) is 7.14. The van der Waals surface area contributed by atoms with Crippen LogP contribution in [0.2, 0.25) is 0 Å². The molecule has 0 radical (unpaired) electrons. The normalized spacial score (nSPS) is 13.1. The van der Waals surface area contributed by atoms with Crippen LogP contribution in [-0.4, -0.2) is 11.6 Å². The number of benzene rings is 4. The Kier molecular flexibility index (Phi) is 6.22. The van der Waals surface area contributed by atoms with Crippen LogP contribution < -0.4 is 10.6 Å². The van der Waals surface area contributed by atoms with Crippen molar-refractivity contribution in [1.29, 1.82) is 0 Å². The highest BCUT2D eigenvalue weighted by atomic mass is 16.1. The van der Waals surface area contributed by atoms with Crippen molar-refractivity contribution in [2.45, 2.75) is 52.4 Å². The molecule has 4 heteroatoms. The van der Waals surface area contributed by atoms with Crippen LogP contribution in [0.15, 0.2) is 84.9 Å². The van der Waals surface area contributed by atoms with Crippen LogP contribution in [-0.2, 0) is 10.8 Å². The van der Waals surface area contributed by atoms with E-state index in [4.69, 9.17) is 0 Å². The highest BCUT2D eigenvalue weighted by Gasteiger charge is 2.34. The minimum absolute atomic E-state index is 0.0438. The molecule has 0 amide bonds. The Bertz CT molecular complexity index is 1420. The van der Waals surface area contributed by atoms with Crippen LogP contribution in [0.4, 0.5) is 22.7 Å². The van der Waals surface area contributed by atoms with Crippen molar-refractivity contribution >= 4 is 34.3 Å². The summed E-state index contributed by atoms with van der Waals surface area (Å²) in [5, 5.41) is 6.81. The number of carbonyl (C=O) groups excluding carboxylic acids is 2. The maximum Gasteiger partial charge on any atom is 0.196 e. The van der Waals surface area contributed by atoms with Gasteiger partial charge < -0.3 is 10.6 Å². The van der Waals surface area contributed by atoms with Gasteiger partial charge in [-0.05, 0) is 58.4 Å². The van der Waals surface area contributed by atoms with Gasteiger partial charge in [-0.3, -0.25) is 9.59 Å². The molecular formula is C34H34N2O2. The highest BCUT2D eigenvalue weighted by molar-refractivity contribution is 6.32. The molecular weight excluding hydrogens is 468 g/mol. The van der Waals surface area contributed by atoms with Gasteiger partial charge in [-0.15, -0.1) is 0 Å². The maximum absolute atomic E-state index is 13.8. The van der Waals surface area contributed by atoms with E-state index < -0.39 is 0 Å². The Balaban J connectivity index is 1.57. The summed E-state index contributed by atoms with van der Waals surface area (Å²) in [4.78, 5) is 27.6. The molecule has 0 aliphatic heterocycles. The molecule has 0 heterocycles. The zero-order chi connectivity index (χ0) is 27.2. The molecule has 0 bridgehead atoms. The third kappa shape index (κ3) is 4.74. The standard InChI is InChI=1S/C34H34N2O2/c1-33(2,3)21-11-15-23(16-12-21)35-27-19-20-28(36-24-17-13-22(14-18-24)34(4,5)6)30-29(27)31(37)25-9-7-8-10-26(25)32(30)38/h7-20,35-36H,1-6H3. The number of hydrogen-bond acceptors (Lipinski definition) is 4. The summed E-state index contributed by atoms with van der Waals surface area (Å²) in [7, 11) is 0. The molecule has 0 aromatic heterocycles. The molecule has 0 saturated carbocycles. The van der Waals surface area contributed by atoms with Gasteiger partial charge in [-0.2, -0.15) is 0 Å². The van der Waals surface area contributed by atoms with Crippen molar-refractivity contribution in [3.8, 4) is 0 Å². The number of ketones is 2. The second-order valence-electron chi connectivity index (χ2n) is 12.0. The zero-order valence-corrected chi connectivity index (χ0v) is 22.9. The minimum atomic E-state index is -0.157. The summed E-state index contributed by atoms with van der Waals surface area (Å²) in [5.41, 5.74) is 7.14. The van der Waals surface area contributed by atoms with Gasteiger partial charge in [0.25, 0.3) is 0 Å². The van der Waals surface area contributed by atoms with Gasteiger partial charge in [0.2, 0.25) is 0 Å². The number of nitrogens with one attached hydrogen (secondary N) is 2. The van der Waals surface area contributed by atoms with E-state index in [1.165, 1.54) is 11.1 Å². The largest absolute Gasteiger partial charge is 0.355 e. The lowest BCUT2D eigenvalue weighted by Gasteiger charge is -2.24. The summed E-state index contributed by atoms with van der Waals surface area (Å²) in [6.45, 7) is 13.1. The van der Waals surface area contributed by atoms with Crippen LogP contribution in [0, 0.1) is 0 Å². The van der Waals surface area contributed by atoms with Crippen LogP contribution in [0.25, 0.3) is 0 Å². The lowest BCUT2D eigenvalue weighted by atomic mass is 9.82. The Morgan fingerprint density at radius 3 is 1.13 bits per heavy atom. The quantitative estimate of drug-likeness (QED) is 0.258. The van der Waals surface area contributed by atoms with E-state index in [0.29, 0.717) is 33.6 Å². The van der Waals surface area contributed by atoms with Crippen LogP contribution in [0.3, 0.4) is 0 Å². The van der Waals surface area contributed by atoms with Crippen LogP contribution in [0.1, 0.15) is 84.5 Å². The fourth-order valence-corrected chi connectivity index (χ4v) is 4.85. The van der Waals surface area contributed by atoms with E-state index in [1.807, 2.05) is 36.4 Å². The lowest BCUT2D eigenvalue weighted by molar-refractivity contribution is 0.0980. The zero-order valence-electron chi connectivity index (χ0n) is 22.9. The second-order valence-corrected chi connectivity index (χ2v) is 12.0. The van der Waals surface area contributed by atoms with Crippen molar-refractivity contribution in [2.75, 3.05) is 10.6 Å². The summed E-state index contributed by atoms with van der Waals surface area (Å²) < 4.78 is 0. The van der Waals surface area contributed by atoms with Gasteiger partial charge in [0.1, 0.15) is 0 Å². The van der Waals surface area contributed by atoms with Crippen LogP contribution >= 0.6 is 0 Å². The monoisotopic (exact) mass is 502 g/mol. The topological polar surface area (TPSA) is 58.2 Å². The predicted octanol–water partition coefficient (Wildman–Crippen LogP) is 8.54. The summed E-state index contributed by atoms with van der Waals surface area (Å²) >= 11 is 0. The van der Waals surface area contributed by atoms with E-state index in [0.717, 1.165) is 11.4 Å². The molecule has 0 saturated heterocycles. The van der Waals surface area contributed by atoms with Crippen LogP contribution in [0.5, 0.6) is 0 Å². The molecule has 38 heavy (non-hydrogen) atoms. The van der Waals surface area contributed by atoms with E-state index in [9.17, 15) is 9.59 Å². The number of rotatable bonds is 4. The predicted molar refractivity (Wildman–Crippen MR) is 157 cm³/mol. The molecule has 4 nitrogen and oxygen atoms in total. The van der Waals surface area contributed by atoms with Crippen molar-refractivity contribution in [1.82, 2.24) is 0 Å². The van der Waals surface area contributed by atoms with E-state index >= 15 is 0 Å². The van der Waals surface area contributed by atoms with Crippen molar-refractivity contribution in [3.05, 3.63) is 118 Å². The molecule has 192 valence electrons. The molecule has 0 unspecified atom stereocenters. The Morgan fingerprint density at radius 1 is 0.474 bits per heavy atom. The highest BCUT2D eigenvalue weighted by Crippen LogP contribution is 2.39. The molecule has 2 N–H and O–H groups in total. The first-order valence-corrected chi connectivity index (χ1v) is 13.0. The summed E-state index contributed by atoms with van der Waals surface area (Å²) in [6.07, 6.45) is 0. The average Bonchev–Trinajstić information content (AvgIpc) is 2.87. The fraction of sp³-hybridized carbons (Fsp3) is 0.235. The fourth-order valence-electron chi connectivity index (χ4n) is 4.85. The molecule has 5 rings (SSSR count). The minimum Gasteiger partial charge on any atom is -0.355 e. The van der Waals surface area contributed by atoms with Gasteiger partial charge in [-0.1, -0.05) is 90.1 Å². The Morgan fingerprint density at radius 2 is 0.816 bits per heavy atom. The van der Waals surface area contributed by atoms with Gasteiger partial charge in [0, 0.05) is 22.5 Å². The van der Waals surface area contributed by atoms with E-state index in [1.54, 1.807) is 24.3 Å². The number of hydrogen-bond donors (Lipinski definition) is 2. The van der Waals surface area contributed by atoms with Gasteiger partial charge in [0.05, 0.1) is 22.5 Å². The summed E-state index contributed by atoms with van der Waals surface area (Å²) in [6, 6.07) is 27.2. The van der Waals surface area contributed by atoms with Crippen molar-refractivity contribution < 1.29 is 9.59 Å². The van der Waals surface area contributed by atoms with Crippen molar-refractivity contribution in [2.24, 2.45) is 0 Å². The maximum atomic E-state index is 13.8. The Labute approximate surface area is 225 Å². The Hall–Kier alpha value is -4.18. The van der Waals surface area contributed by atoms with Gasteiger partial charge in [-0.25, -0.2) is 0 Å². The number of carbonyl (C=O) groups is 2. The number of fused-ring (bicyclic) bond motifs is 2. The van der Waals surface area contributed by atoms with Gasteiger partial charge >= 0.3 is 0 Å². The van der Waals surface area contributed by atoms with E-state index in [2.05, 4.69) is 76.4 Å². The number of anilines is 4. The van der Waals surface area contributed by atoms with Crippen molar-refractivity contribution in [3.63, 3.8) is 0 Å². The smallest absolute Gasteiger partial charge is 0.196 e. The molecule has 4 aromatic carbocycles. The second kappa shape index (κ2) is 9.29. The first kappa shape index (κ1) is 25.5. The molecule has 1 aliphatic rings. The molecule has 0 fully saturated rings. The molecule has 4 aromatic rings. The van der Waals surface area contributed by atoms with Gasteiger partial charge in [0.15, 0.2) is 11.6 Å². The SMILES string of the molecule is CC(C)(C)c1ccc(Nc2ccc(Nc3ccc(C(C)(C)C)cc3)c3c2C(=O)c2ccccc2C3=O)cc1.